The molecule has 2 aliphatic carbocycles. The molecule has 4 heterocycles. The Labute approximate surface area is 324 Å². The van der Waals surface area contributed by atoms with Crippen LogP contribution >= 0.6 is 23.2 Å². The van der Waals surface area contributed by atoms with Crippen LogP contribution in [0, 0.1) is 17.3 Å². The van der Waals surface area contributed by atoms with Crippen LogP contribution < -0.4 is 10.6 Å². The maximum atomic E-state index is 13.8. The topological polar surface area (TPSA) is 138 Å². The second-order valence-electron chi connectivity index (χ2n) is 15.7. The number of anilines is 2. The van der Waals surface area contributed by atoms with Crippen LogP contribution in [0.5, 0.6) is 0 Å². The molecule has 0 saturated heterocycles. The van der Waals surface area contributed by atoms with Crippen LogP contribution in [0.15, 0.2) is 36.4 Å². The molecular formula is C40H46Cl2N8O4. The Bertz CT molecular complexity index is 2160. The molecule has 4 aromatic rings. The maximum absolute atomic E-state index is 13.8. The number of nitrogens with one attached hydrogen (secondary N) is 2. The Kier molecular flexibility index (Phi) is 9.83. The van der Waals surface area contributed by atoms with E-state index < -0.39 is 11.4 Å². The number of hydrogen-bond acceptors (Lipinski definition) is 7. The highest BCUT2D eigenvalue weighted by molar-refractivity contribution is 6.40. The number of carbonyl (C=O) groups is 3. The van der Waals surface area contributed by atoms with Gasteiger partial charge in [0.15, 0.2) is 11.6 Å². The van der Waals surface area contributed by atoms with Gasteiger partial charge in [-0.25, -0.2) is 9.97 Å². The third kappa shape index (κ3) is 6.61. The van der Waals surface area contributed by atoms with Gasteiger partial charge in [0, 0.05) is 82.2 Å². The zero-order valence-corrected chi connectivity index (χ0v) is 32.4. The Morgan fingerprint density at radius 3 is 1.98 bits per heavy atom. The van der Waals surface area contributed by atoms with Gasteiger partial charge in [-0.3, -0.25) is 19.3 Å². The number of carboxylic acids is 1. The first-order chi connectivity index (χ1) is 25.9. The summed E-state index contributed by atoms with van der Waals surface area (Å²) in [7, 11) is 5.78. The zero-order valence-electron chi connectivity index (χ0n) is 30.9. The van der Waals surface area contributed by atoms with Crippen molar-refractivity contribution in [2.24, 2.45) is 31.3 Å². The molecule has 3 unspecified atom stereocenters. The summed E-state index contributed by atoms with van der Waals surface area (Å²) in [6, 6.07) is 10.7. The molecule has 3 atom stereocenters. The molecule has 2 aromatic carbocycles. The minimum atomic E-state index is -0.618. The van der Waals surface area contributed by atoms with E-state index in [0.717, 1.165) is 93.8 Å². The van der Waals surface area contributed by atoms with Crippen molar-refractivity contribution >= 4 is 52.4 Å². The number of nitrogens with zero attached hydrogens (tertiary/aromatic N) is 6. The smallest absolute Gasteiger partial charge is 0.309 e. The van der Waals surface area contributed by atoms with Crippen LogP contribution in [0.25, 0.3) is 11.1 Å². The minimum absolute atomic E-state index is 0.310. The van der Waals surface area contributed by atoms with Gasteiger partial charge in [0.2, 0.25) is 0 Å². The van der Waals surface area contributed by atoms with Crippen molar-refractivity contribution in [2.45, 2.75) is 64.5 Å². The summed E-state index contributed by atoms with van der Waals surface area (Å²) in [6.45, 7) is 4.06. The lowest BCUT2D eigenvalue weighted by atomic mass is 9.58. The summed E-state index contributed by atoms with van der Waals surface area (Å²) in [5.41, 5.74) is 5.43. The molecule has 4 aliphatic rings. The summed E-state index contributed by atoms with van der Waals surface area (Å²) < 4.78 is 3.73. The number of aliphatic carboxylic acids is 1. The number of amides is 2. The van der Waals surface area contributed by atoms with Crippen LogP contribution in [0.1, 0.15) is 82.5 Å². The van der Waals surface area contributed by atoms with E-state index in [0.29, 0.717) is 69.1 Å². The van der Waals surface area contributed by atoms with E-state index in [4.69, 9.17) is 28.2 Å². The van der Waals surface area contributed by atoms with Crippen molar-refractivity contribution < 1.29 is 19.5 Å². The highest BCUT2D eigenvalue weighted by Gasteiger charge is 2.48. The first-order valence-electron chi connectivity index (χ1n) is 18.9. The van der Waals surface area contributed by atoms with Gasteiger partial charge in [-0.15, -0.1) is 0 Å². The van der Waals surface area contributed by atoms with Crippen LogP contribution in [-0.2, 0) is 44.8 Å². The third-order valence-electron chi connectivity index (χ3n) is 12.5. The molecule has 12 nitrogen and oxygen atoms in total. The van der Waals surface area contributed by atoms with E-state index >= 15 is 0 Å². The first kappa shape index (κ1) is 36.7. The molecule has 284 valence electrons. The van der Waals surface area contributed by atoms with Crippen molar-refractivity contribution in [3.05, 3.63) is 80.9 Å². The van der Waals surface area contributed by atoms with Gasteiger partial charge >= 0.3 is 5.97 Å². The number of carbonyl (C=O) groups excluding carboxylic acids is 2. The Balaban J connectivity index is 0.954. The van der Waals surface area contributed by atoms with E-state index in [2.05, 4.69) is 25.4 Å². The molecular weight excluding hydrogens is 727 g/mol. The van der Waals surface area contributed by atoms with Gasteiger partial charge in [-0.1, -0.05) is 60.3 Å². The predicted molar refractivity (Wildman–Crippen MR) is 208 cm³/mol. The highest BCUT2D eigenvalue weighted by atomic mass is 35.5. The number of fused-ring (bicyclic) bond motifs is 4. The normalized spacial score (nSPS) is 22.7. The molecule has 3 N–H and O–H groups in total. The summed E-state index contributed by atoms with van der Waals surface area (Å²) in [5.74, 6) is 0.229. The molecule has 2 amide bonds. The number of carboxylic acid groups (broad SMARTS) is 1. The number of halogens is 2. The number of likely N-dealkylation sites (N-methyl/N-ethyl adjacent to an activating group) is 1. The highest BCUT2D eigenvalue weighted by Crippen LogP contribution is 2.51. The van der Waals surface area contributed by atoms with Gasteiger partial charge < -0.3 is 29.8 Å². The largest absolute Gasteiger partial charge is 0.481 e. The summed E-state index contributed by atoms with van der Waals surface area (Å²) in [6.07, 6.45) is 7.02. The molecule has 2 saturated carbocycles. The van der Waals surface area contributed by atoms with E-state index in [9.17, 15) is 19.5 Å². The lowest BCUT2D eigenvalue weighted by Crippen LogP contribution is -2.46. The van der Waals surface area contributed by atoms with E-state index in [-0.39, 0.29) is 11.8 Å². The first-order valence-corrected chi connectivity index (χ1v) is 19.6. The second kappa shape index (κ2) is 14.4. The number of hydrogen-bond donors (Lipinski definition) is 3. The monoisotopic (exact) mass is 772 g/mol. The van der Waals surface area contributed by atoms with Crippen molar-refractivity contribution in [3.8, 4) is 11.1 Å². The van der Waals surface area contributed by atoms with E-state index in [1.165, 1.54) is 0 Å². The van der Waals surface area contributed by atoms with E-state index in [1.807, 2.05) is 42.4 Å². The summed E-state index contributed by atoms with van der Waals surface area (Å²) >= 11 is 13.9. The number of rotatable bonds is 8. The molecule has 14 heteroatoms. The summed E-state index contributed by atoms with van der Waals surface area (Å²) in [5, 5.41) is 16.5. The quantitative estimate of drug-likeness (QED) is 0.181. The van der Waals surface area contributed by atoms with E-state index in [1.54, 1.807) is 24.3 Å². The Morgan fingerprint density at radius 1 is 0.815 bits per heavy atom. The standard InChI is InChI=1S/C40H46Cl2N8O4/c1-47-17-13-31-29(21-47)43-35(48(31)2)37(51)45-27-10-4-8-25(33(27)41)26-9-5-11-28(34(26)42)46-38(52)36-44-30-22-50(18-14-32(30)49(36)3)20-24-12-16-40(39(53)54)15-6-7-23(24)19-40/h4-5,8-11,23-24H,6-7,12-22H2,1-3H3,(H,45,51)(H,46,52)(H,53,54). The fraction of sp³-hybridized carbons (Fsp3) is 0.475. The average molecular weight is 774 g/mol. The van der Waals surface area contributed by atoms with Gasteiger partial charge in [0.05, 0.1) is 38.2 Å². The van der Waals surface area contributed by atoms with Crippen LogP contribution in [0.3, 0.4) is 0 Å². The van der Waals surface area contributed by atoms with Crippen molar-refractivity contribution in [1.29, 1.82) is 0 Å². The maximum Gasteiger partial charge on any atom is 0.309 e. The zero-order chi connectivity index (χ0) is 37.9. The lowest BCUT2D eigenvalue weighted by molar-refractivity contribution is -0.156. The lowest BCUT2D eigenvalue weighted by Gasteiger charge is -2.47. The SMILES string of the molecule is CN1CCc2c(nc(C(=O)Nc3cccc(-c4cccc(NC(=O)c5nc6c(n5C)CCN(CC5CCC7(C(=O)O)CCCC5C7)C6)c4Cl)c3Cl)n2C)C1. The fourth-order valence-corrected chi connectivity index (χ4v) is 9.99. The molecule has 54 heavy (non-hydrogen) atoms. The van der Waals surface area contributed by atoms with Gasteiger partial charge in [0.1, 0.15) is 0 Å². The third-order valence-corrected chi connectivity index (χ3v) is 13.3. The predicted octanol–water partition coefficient (Wildman–Crippen LogP) is 6.65. The van der Waals surface area contributed by atoms with Crippen molar-refractivity contribution in [2.75, 3.05) is 37.3 Å². The van der Waals surface area contributed by atoms with Gasteiger partial charge in [-0.05, 0) is 56.7 Å². The molecule has 2 aliphatic heterocycles. The molecule has 2 fully saturated rings. The molecule has 0 radical (unpaired) electrons. The second-order valence-corrected chi connectivity index (χ2v) is 16.5. The van der Waals surface area contributed by atoms with Gasteiger partial charge in [0.25, 0.3) is 11.8 Å². The molecule has 8 rings (SSSR count). The van der Waals surface area contributed by atoms with Crippen LogP contribution in [0.4, 0.5) is 11.4 Å². The summed E-state index contributed by atoms with van der Waals surface area (Å²) in [4.78, 5) is 53.3. The molecule has 2 aromatic heterocycles. The average Bonchev–Trinajstić information content (AvgIpc) is 3.66. The Hall–Kier alpha value is -4.23. The number of aromatic nitrogens is 4. The van der Waals surface area contributed by atoms with Crippen LogP contribution in [0.2, 0.25) is 10.0 Å². The van der Waals surface area contributed by atoms with Gasteiger partial charge in [-0.2, -0.15) is 0 Å². The number of benzene rings is 2. The molecule has 2 bridgehead atoms. The Morgan fingerprint density at radius 2 is 1.39 bits per heavy atom. The van der Waals surface area contributed by atoms with Crippen LogP contribution in [-0.4, -0.2) is 78.5 Å². The minimum Gasteiger partial charge on any atom is -0.481 e. The van der Waals surface area contributed by atoms with Crippen molar-refractivity contribution in [1.82, 2.24) is 28.9 Å². The van der Waals surface area contributed by atoms with Crippen molar-refractivity contribution in [3.63, 3.8) is 0 Å². The fourth-order valence-electron chi connectivity index (χ4n) is 9.44. The number of imidazole rings is 2. The molecule has 0 spiro atoms.